The molecule has 138 valence electrons. The number of nitrogens with zero attached hydrogens (tertiary/aromatic N) is 1. The summed E-state index contributed by atoms with van der Waals surface area (Å²) in [5.74, 6) is -0.360. The van der Waals surface area contributed by atoms with E-state index in [2.05, 4.69) is 4.74 Å². The summed E-state index contributed by atoms with van der Waals surface area (Å²) in [5.41, 5.74) is 1.02. The van der Waals surface area contributed by atoms with Crippen LogP contribution in [0.25, 0.3) is 0 Å². The molecule has 0 spiro atoms. The molecule has 2 atom stereocenters. The van der Waals surface area contributed by atoms with Crippen molar-refractivity contribution >= 4 is 12.1 Å². The predicted octanol–water partition coefficient (Wildman–Crippen LogP) is 2.78. The van der Waals surface area contributed by atoms with Gasteiger partial charge in [0.25, 0.3) is 0 Å². The van der Waals surface area contributed by atoms with Gasteiger partial charge in [0, 0.05) is 6.04 Å². The number of rotatable bonds is 4. The quantitative estimate of drug-likeness (QED) is 0.846. The molecule has 25 heavy (non-hydrogen) atoms. The number of aryl methyl sites for hydroxylation is 1. The van der Waals surface area contributed by atoms with Crippen LogP contribution in [-0.4, -0.2) is 53.5 Å². The predicted molar refractivity (Wildman–Crippen MR) is 93.5 cm³/mol. The van der Waals surface area contributed by atoms with Crippen molar-refractivity contribution in [2.24, 2.45) is 0 Å². The third-order valence-corrected chi connectivity index (χ3v) is 4.16. The summed E-state index contributed by atoms with van der Waals surface area (Å²) >= 11 is 0. The number of likely N-dealkylation sites (tertiary alicyclic amines) is 1. The molecule has 1 aliphatic heterocycles. The molecule has 0 unspecified atom stereocenters. The van der Waals surface area contributed by atoms with Crippen LogP contribution in [0.5, 0.6) is 0 Å². The Labute approximate surface area is 148 Å². The summed E-state index contributed by atoms with van der Waals surface area (Å²) in [4.78, 5) is 25.4. The van der Waals surface area contributed by atoms with Gasteiger partial charge < -0.3 is 19.5 Å². The lowest BCUT2D eigenvalue weighted by Gasteiger charge is -2.28. The number of hydrogen-bond donors (Lipinski definition) is 1. The van der Waals surface area contributed by atoms with Crippen LogP contribution in [0.15, 0.2) is 24.3 Å². The van der Waals surface area contributed by atoms with Gasteiger partial charge in [-0.3, -0.25) is 0 Å². The maximum Gasteiger partial charge on any atom is 0.410 e. The largest absolute Gasteiger partial charge is 0.465 e. The third kappa shape index (κ3) is 5.46. The van der Waals surface area contributed by atoms with E-state index >= 15 is 0 Å². The third-order valence-electron chi connectivity index (χ3n) is 4.16. The second-order valence-corrected chi connectivity index (χ2v) is 7.40. The van der Waals surface area contributed by atoms with Crippen molar-refractivity contribution in [2.45, 2.75) is 57.8 Å². The van der Waals surface area contributed by atoms with E-state index in [1.165, 1.54) is 7.11 Å². The lowest BCUT2D eigenvalue weighted by molar-refractivity contribution is 0.0203. The lowest BCUT2D eigenvalue weighted by atomic mass is 10.0. The molecule has 1 N–H and O–H groups in total. The van der Waals surface area contributed by atoms with E-state index in [4.69, 9.17) is 4.74 Å². The van der Waals surface area contributed by atoms with Gasteiger partial charge in [-0.2, -0.15) is 0 Å². The molecule has 6 nitrogen and oxygen atoms in total. The molecule has 0 saturated carbocycles. The zero-order chi connectivity index (χ0) is 18.6. The molecule has 1 saturated heterocycles. The number of methoxy groups -OCH3 is 1. The van der Waals surface area contributed by atoms with Gasteiger partial charge in [-0.05, 0) is 57.7 Å². The molecule has 1 aliphatic rings. The molecule has 6 heteroatoms. The van der Waals surface area contributed by atoms with Crippen LogP contribution in [0.2, 0.25) is 0 Å². The molecular formula is C19H27NO5. The number of hydrogen-bond acceptors (Lipinski definition) is 5. The van der Waals surface area contributed by atoms with Gasteiger partial charge in [-0.25, -0.2) is 9.59 Å². The molecule has 0 aromatic heterocycles. The van der Waals surface area contributed by atoms with Gasteiger partial charge in [0.2, 0.25) is 0 Å². The summed E-state index contributed by atoms with van der Waals surface area (Å²) in [6.45, 7) is 5.79. The highest BCUT2D eigenvalue weighted by molar-refractivity contribution is 5.89. The SMILES string of the molecule is COC(=O)c1ccc(CC[C@H]2C[C@@H](O)CN2C(=O)OC(C)(C)C)cc1. The molecular weight excluding hydrogens is 322 g/mol. The van der Waals surface area contributed by atoms with Crippen molar-refractivity contribution in [3.63, 3.8) is 0 Å². The molecule has 0 aliphatic carbocycles. The molecule has 0 radical (unpaired) electrons. The Balaban J connectivity index is 1.96. The number of amides is 1. The number of carbonyl (C=O) groups excluding carboxylic acids is 2. The highest BCUT2D eigenvalue weighted by atomic mass is 16.6. The zero-order valence-electron chi connectivity index (χ0n) is 15.3. The van der Waals surface area contributed by atoms with Gasteiger partial charge in [0.1, 0.15) is 5.60 Å². The minimum atomic E-state index is -0.557. The van der Waals surface area contributed by atoms with E-state index in [1.54, 1.807) is 17.0 Å². The molecule has 1 amide bonds. The van der Waals surface area contributed by atoms with Crippen LogP contribution in [-0.2, 0) is 15.9 Å². The van der Waals surface area contributed by atoms with Gasteiger partial charge in [0.15, 0.2) is 0 Å². The maximum absolute atomic E-state index is 12.3. The number of aliphatic hydroxyl groups excluding tert-OH is 1. The number of β-amino-alcohol motifs (C(OH)–C–C–N with tert-alkyl or cyclic N) is 1. The summed E-state index contributed by atoms with van der Waals surface area (Å²) in [6, 6.07) is 7.18. The normalized spacial score (nSPS) is 20.4. The lowest BCUT2D eigenvalue weighted by Crippen LogP contribution is -2.40. The van der Waals surface area contributed by atoms with Crippen molar-refractivity contribution in [2.75, 3.05) is 13.7 Å². The number of esters is 1. The topological polar surface area (TPSA) is 76.1 Å². The fourth-order valence-corrected chi connectivity index (χ4v) is 2.97. The van der Waals surface area contributed by atoms with Crippen molar-refractivity contribution in [3.8, 4) is 0 Å². The van der Waals surface area contributed by atoms with E-state index < -0.39 is 11.7 Å². The standard InChI is InChI=1S/C19H27NO5/c1-19(2,3)25-18(23)20-12-16(21)11-15(20)10-7-13-5-8-14(9-6-13)17(22)24-4/h5-6,8-9,15-16,21H,7,10-12H2,1-4H3/t15-,16+/m0/s1. The monoisotopic (exact) mass is 349 g/mol. The Morgan fingerprint density at radius 1 is 1.24 bits per heavy atom. The number of carbonyl (C=O) groups is 2. The van der Waals surface area contributed by atoms with E-state index in [0.717, 1.165) is 18.4 Å². The van der Waals surface area contributed by atoms with Gasteiger partial charge >= 0.3 is 12.1 Å². The van der Waals surface area contributed by atoms with Crippen molar-refractivity contribution in [1.82, 2.24) is 4.90 Å². The summed E-state index contributed by atoms with van der Waals surface area (Å²) < 4.78 is 10.1. The van der Waals surface area contributed by atoms with Gasteiger partial charge in [-0.15, -0.1) is 0 Å². The fourth-order valence-electron chi connectivity index (χ4n) is 2.97. The second-order valence-electron chi connectivity index (χ2n) is 7.40. The maximum atomic E-state index is 12.3. The fraction of sp³-hybridized carbons (Fsp3) is 0.579. The van der Waals surface area contributed by atoms with Crippen molar-refractivity contribution in [1.29, 1.82) is 0 Å². The average molecular weight is 349 g/mol. The van der Waals surface area contributed by atoms with E-state index in [0.29, 0.717) is 18.5 Å². The molecule has 2 rings (SSSR count). The first-order valence-electron chi connectivity index (χ1n) is 8.54. The zero-order valence-corrected chi connectivity index (χ0v) is 15.3. The van der Waals surface area contributed by atoms with Gasteiger partial charge in [-0.1, -0.05) is 12.1 Å². The Kier molecular flexibility index (Phi) is 6.06. The van der Waals surface area contributed by atoms with Crippen LogP contribution in [0, 0.1) is 0 Å². The van der Waals surface area contributed by atoms with Crippen LogP contribution < -0.4 is 0 Å². The molecule has 1 heterocycles. The Bertz CT molecular complexity index is 605. The smallest absolute Gasteiger partial charge is 0.410 e. The first kappa shape index (κ1) is 19.2. The Morgan fingerprint density at radius 2 is 1.88 bits per heavy atom. The average Bonchev–Trinajstić information content (AvgIpc) is 2.92. The molecule has 1 aromatic rings. The Morgan fingerprint density at radius 3 is 2.44 bits per heavy atom. The van der Waals surface area contributed by atoms with E-state index in [-0.39, 0.29) is 18.1 Å². The minimum Gasteiger partial charge on any atom is -0.465 e. The highest BCUT2D eigenvalue weighted by Crippen LogP contribution is 2.25. The van der Waals surface area contributed by atoms with E-state index in [1.807, 2.05) is 32.9 Å². The minimum absolute atomic E-state index is 0.0508. The molecule has 1 fully saturated rings. The summed E-state index contributed by atoms with van der Waals surface area (Å²) in [5, 5.41) is 9.94. The summed E-state index contributed by atoms with van der Waals surface area (Å²) in [7, 11) is 1.35. The number of aliphatic hydroxyl groups is 1. The van der Waals surface area contributed by atoms with Crippen LogP contribution in [0.4, 0.5) is 4.79 Å². The molecule has 0 bridgehead atoms. The number of benzene rings is 1. The second kappa shape index (κ2) is 7.87. The highest BCUT2D eigenvalue weighted by Gasteiger charge is 2.36. The summed E-state index contributed by atoms with van der Waals surface area (Å²) in [6.07, 6.45) is 1.14. The first-order chi connectivity index (χ1) is 11.7. The Hall–Kier alpha value is -2.08. The molecule has 1 aromatic carbocycles. The van der Waals surface area contributed by atoms with Crippen molar-refractivity contribution < 1.29 is 24.2 Å². The van der Waals surface area contributed by atoms with Crippen LogP contribution in [0.1, 0.15) is 49.5 Å². The van der Waals surface area contributed by atoms with Gasteiger partial charge in [0.05, 0.1) is 25.3 Å². The van der Waals surface area contributed by atoms with Crippen molar-refractivity contribution in [3.05, 3.63) is 35.4 Å². The van der Waals surface area contributed by atoms with Crippen LogP contribution in [0.3, 0.4) is 0 Å². The first-order valence-corrected chi connectivity index (χ1v) is 8.54. The van der Waals surface area contributed by atoms with E-state index in [9.17, 15) is 14.7 Å². The van der Waals surface area contributed by atoms with Crippen LogP contribution >= 0.6 is 0 Å². The number of ether oxygens (including phenoxy) is 2.